The second-order valence-electron chi connectivity index (χ2n) is 8.73. The van der Waals surface area contributed by atoms with Crippen LogP contribution in [0.15, 0.2) is 57.5 Å². The van der Waals surface area contributed by atoms with Gasteiger partial charge in [-0.05, 0) is 57.0 Å². The SMILES string of the molecule is CC(C)(O)C1CCCN1C(=O)c1ccc(-c2cc(-c3n[nH]c4cc(Br)ccc34)on2)cc1. The Hall–Kier alpha value is -2.97. The number of aromatic amines is 1. The van der Waals surface area contributed by atoms with Gasteiger partial charge in [0.15, 0.2) is 5.76 Å². The second kappa shape index (κ2) is 7.86. The molecule has 1 fully saturated rings. The van der Waals surface area contributed by atoms with Crippen molar-refractivity contribution in [2.75, 3.05) is 6.54 Å². The fourth-order valence-corrected chi connectivity index (χ4v) is 4.76. The van der Waals surface area contributed by atoms with E-state index in [-0.39, 0.29) is 11.9 Å². The summed E-state index contributed by atoms with van der Waals surface area (Å²) >= 11 is 3.46. The molecule has 3 heterocycles. The van der Waals surface area contributed by atoms with Crippen LogP contribution in [0.1, 0.15) is 37.0 Å². The Morgan fingerprint density at radius 2 is 2.00 bits per heavy atom. The van der Waals surface area contributed by atoms with Gasteiger partial charge in [-0.15, -0.1) is 0 Å². The first-order valence-corrected chi connectivity index (χ1v) is 11.3. The van der Waals surface area contributed by atoms with Crippen LogP contribution in [0, 0.1) is 0 Å². The minimum atomic E-state index is -0.921. The van der Waals surface area contributed by atoms with E-state index in [9.17, 15) is 9.90 Å². The number of rotatable bonds is 4. The lowest BCUT2D eigenvalue weighted by Gasteiger charge is -2.33. The van der Waals surface area contributed by atoms with Gasteiger partial charge in [-0.2, -0.15) is 5.10 Å². The number of aromatic nitrogens is 3. The van der Waals surface area contributed by atoms with Gasteiger partial charge < -0.3 is 14.5 Å². The molecule has 2 aromatic heterocycles. The molecular weight excluding hydrogens is 472 g/mol. The highest BCUT2D eigenvalue weighted by molar-refractivity contribution is 9.10. The van der Waals surface area contributed by atoms with Crippen molar-refractivity contribution in [2.45, 2.75) is 38.3 Å². The van der Waals surface area contributed by atoms with E-state index >= 15 is 0 Å². The number of hydrogen-bond donors (Lipinski definition) is 2. The normalized spacial score (nSPS) is 16.8. The first kappa shape index (κ1) is 20.9. The number of hydrogen-bond acceptors (Lipinski definition) is 5. The first-order chi connectivity index (χ1) is 15.3. The van der Waals surface area contributed by atoms with Crippen molar-refractivity contribution >= 4 is 32.7 Å². The van der Waals surface area contributed by atoms with Crippen molar-refractivity contribution in [1.29, 1.82) is 0 Å². The molecule has 1 aliphatic rings. The van der Waals surface area contributed by atoms with Crippen LogP contribution in [0.2, 0.25) is 0 Å². The lowest BCUT2D eigenvalue weighted by Crippen LogP contribution is -2.48. The molecule has 0 spiro atoms. The third-order valence-corrected chi connectivity index (χ3v) is 6.52. The van der Waals surface area contributed by atoms with E-state index in [2.05, 4.69) is 31.3 Å². The molecule has 164 valence electrons. The summed E-state index contributed by atoms with van der Waals surface area (Å²) in [4.78, 5) is 14.8. The van der Waals surface area contributed by atoms with E-state index in [1.54, 1.807) is 30.9 Å². The zero-order valence-electron chi connectivity index (χ0n) is 17.8. The zero-order valence-corrected chi connectivity index (χ0v) is 19.4. The van der Waals surface area contributed by atoms with Crippen LogP contribution in [-0.2, 0) is 0 Å². The van der Waals surface area contributed by atoms with Gasteiger partial charge in [0.2, 0.25) is 0 Å². The van der Waals surface area contributed by atoms with E-state index in [0.717, 1.165) is 33.8 Å². The van der Waals surface area contributed by atoms with Crippen molar-refractivity contribution in [3.8, 4) is 22.7 Å². The summed E-state index contributed by atoms with van der Waals surface area (Å²) in [7, 11) is 0. The smallest absolute Gasteiger partial charge is 0.254 e. The minimum Gasteiger partial charge on any atom is -0.388 e. The number of nitrogens with one attached hydrogen (secondary N) is 1. The van der Waals surface area contributed by atoms with E-state index < -0.39 is 5.60 Å². The van der Waals surface area contributed by atoms with Crippen molar-refractivity contribution in [2.24, 2.45) is 0 Å². The van der Waals surface area contributed by atoms with E-state index in [1.807, 2.05) is 36.4 Å². The van der Waals surface area contributed by atoms with E-state index in [4.69, 9.17) is 4.52 Å². The fourth-order valence-electron chi connectivity index (χ4n) is 4.40. The topological polar surface area (TPSA) is 95.2 Å². The predicted molar refractivity (Wildman–Crippen MR) is 125 cm³/mol. The van der Waals surface area contributed by atoms with Gasteiger partial charge in [0.05, 0.1) is 17.2 Å². The number of nitrogens with zero attached hydrogens (tertiary/aromatic N) is 3. The number of halogens is 1. The molecule has 0 aliphatic carbocycles. The largest absolute Gasteiger partial charge is 0.388 e. The Labute approximate surface area is 193 Å². The Balaban J connectivity index is 1.38. The summed E-state index contributed by atoms with van der Waals surface area (Å²) in [5, 5.41) is 22.9. The molecule has 8 heteroatoms. The molecule has 1 saturated heterocycles. The predicted octanol–water partition coefficient (Wildman–Crippen LogP) is 5.02. The lowest BCUT2D eigenvalue weighted by molar-refractivity contribution is 0.000337. The van der Waals surface area contributed by atoms with Crippen LogP contribution in [0.4, 0.5) is 0 Å². The molecule has 0 radical (unpaired) electrons. The zero-order chi connectivity index (χ0) is 22.5. The molecule has 7 nitrogen and oxygen atoms in total. The molecule has 2 N–H and O–H groups in total. The van der Waals surface area contributed by atoms with Crippen molar-refractivity contribution in [3.05, 3.63) is 58.6 Å². The molecule has 0 bridgehead atoms. The van der Waals surface area contributed by atoms with Crippen molar-refractivity contribution in [1.82, 2.24) is 20.3 Å². The summed E-state index contributed by atoms with van der Waals surface area (Å²) in [6.45, 7) is 4.18. The van der Waals surface area contributed by atoms with Crippen LogP contribution in [-0.4, -0.2) is 49.5 Å². The summed E-state index contributed by atoms with van der Waals surface area (Å²) in [5.74, 6) is 0.509. The van der Waals surface area contributed by atoms with Crippen LogP contribution in [0.25, 0.3) is 33.6 Å². The number of amides is 1. The van der Waals surface area contributed by atoms with Crippen molar-refractivity contribution in [3.63, 3.8) is 0 Å². The number of carbonyl (C=O) groups is 1. The highest BCUT2D eigenvalue weighted by Gasteiger charge is 2.38. The molecule has 1 aliphatic heterocycles. The maximum absolute atomic E-state index is 13.0. The summed E-state index contributed by atoms with van der Waals surface area (Å²) < 4.78 is 6.53. The number of fused-ring (bicyclic) bond motifs is 1. The second-order valence-corrected chi connectivity index (χ2v) is 9.64. The molecule has 1 atom stereocenters. The molecular formula is C24H23BrN4O3. The standard InChI is InChI=1S/C24H23BrN4O3/c1-24(2,31)21-4-3-11-29(21)23(30)15-7-5-14(6-8-15)18-13-20(32-28-18)22-17-10-9-16(25)12-19(17)26-27-22/h5-10,12-13,21,31H,3-4,11H2,1-2H3,(H,26,27). The Morgan fingerprint density at radius 3 is 2.75 bits per heavy atom. The summed E-state index contributed by atoms with van der Waals surface area (Å²) in [6, 6.07) is 14.9. The Morgan fingerprint density at radius 1 is 1.22 bits per heavy atom. The van der Waals surface area contributed by atoms with Crippen LogP contribution in [0.5, 0.6) is 0 Å². The highest BCUT2D eigenvalue weighted by atomic mass is 79.9. The number of carbonyl (C=O) groups excluding carboxylic acids is 1. The molecule has 2 aromatic carbocycles. The van der Waals surface area contributed by atoms with Gasteiger partial charge >= 0.3 is 0 Å². The quantitative estimate of drug-likeness (QED) is 0.415. The highest BCUT2D eigenvalue weighted by Crippen LogP contribution is 2.32. The number of H-pyrrole nitrogens is 1. The summed E-state index contributed by atoms with van der Waals surface area (Å²) in [5.41, 5.74) is 2.79. The minimum absolute atomic E-state index is 0.0591. The van der Waals surface area contributed by atoms with Gasteiger partial charge in [0.1, 0.15) is 11.4 Å². The first-order valence-electron chi connectivity index (χ1n) is 10.6. The maximum Gasteiger partial charge on any atom is 0.254 e. The molecule has 4 aromatic rings. The van der Waals surface area contributed by atoms with Gasteiger partial charge in [0, 0.05) is 33.6 Å². The molecule has 5 rings (SSSR count). The Bertz CT molecular complexity index is 1290. The molecule has 1 amide bonds. The average Bonchev–Trinajstić information content (AvgIpc) is 3.51. The fraction of sp³-hybridized carbons (Fsp3) is 0.292. The number of benzene rings is 2. The van der Waals surface area contributed by atoms with E-state index in [1.165, 1.54) is 0 Å². The monoisotopic (exact) mass is 494 g/mol. The Kier molecular flexibility index (Phi) is 5.14. The van der Waals surface area contributed by atoms with Crippen LogP contribution < -0.4 is 0 Å². The molecule has 1 unspecified atom stereocenters. The maximum atomic E-state index is 13.0. The van der Waals surface area contributed by atoms with Crippen LogP contribution in [0.3, 0.4) is 0 Å². The van der Waals surface area contributed by atoms with Gasteiger partial charge in [-0.25, -0.2) is 0 Å². The van der Waals surface area contributed by atoms with Crippen molar-refractivity contribution < 1.29 is 14.4 Å². The van der Waals surface area contributed by atoms with E-state index in [0.29, 0.717) is 29.3 Å². The van der Waals surface area contributed by atoms with Crippen LogP contribution >= 0.6 is 15.9 Å². The number of likely N-dealkylation sites (tertiary alicyclic amines) is 1. The summed E-state index contributed by atoms with van der Waals surface area (Å²) in [6.07, 6.45) is 1.72. The van der Waals surface area contributed by atoms with Gasteiger partial charge in [-0.3, -0.25) is 9.89 Å². The third kappa shape index (κ3) is 3.73. The third-order valence-electron chi connectivity index (χ3n) is 6.03. The average molecular weight is 495 g/mol. The molecule has 0 saturated carbocycles. The molecule has 32 heavy (non-hydrogen) atoms. The number of aliphatic hydroxyl groups is 1. The van der Waals surface area contributed by atoms with Gasteiger partial charge in [0.25, 0.3) is 5.91 Å². The van der Waals surface area contributed by atoms with Gasteiger partial charge in [-0.1, -0.05) is 33.2 Å². The lowest BCUT2D eigenvalue weighted by atomic mass is 9.96.